The van der Waals surface area contributed by atoms with Gasteiger partial charge in [0.25, 0.3) is 5.88 Å². The summed E-state index contributed by atoms with van der Waals surface area (Å²) in [6, 6.07) is -0.880. The number of nitrogens with one attached hydrogen (secondary N) is 2. The molecule has 2 aromatic heterocycles. The predicted octanol–water partition coefficient (Wildman–Crippen LogP) is 1.07. The maximum absolute atomic E-state index is 12.1. The van der Waals surface area contributed by atoms with E-state index in [1.165, 1.54) is 6.92 Å². The molecule has 2 heterocycles. The van der Waals surface area contributed by atoms with Gasteiger partial charge in [-0.05, 0) is 19.0 Å². The molecule has 0 radical (unpaired) electrons. The first kappa shape index (κ1) is 17.5. The molecular weight excluding hydrogens is 316 g/mol. The zero-order chi connectivity index (χ0) is 17.5. The van der Waals surface area contributed by atoms with Gasteiger partial charge in [-0.2, -0.15) is 0 Å². The number of carbonyl (C=O) groups excluding carboxylic acids is 2. The lowest BCUT2D eigenvalue weighted by Gasteiger charge is -2.16. The monoisotopic (exact) mass is 336 g/mol. The number of aromatic amines is 1. The number of rotatable bonds is 8. The third-order valence-corrected chi connectivity index (χ3v) is 3.10. The Hall–Kier alpha value is -2.84. The number of amides is 1. The third-order valence-electron chi connectivity index (χ3n) is 3.10. The average Bonchev–Trinajstić information content (AvgIpc) is 3.17. The van der Waals surface area contributed by atoms with Crippen LogP contribution in [0.5, 0.6) is 5.88 Å². The fourth-order valence-corrected chi connectivity index (χ4v) is 2.19. The molecule has 24 heavy (non-hydrogen) atoms. The molecule has 2 N–H and O–H groups in total. The quantitative estimate of drug-likeness (QED) is 0.692. The zero-order valence-electron chi connectivity index (χ0n) is 13.8. The maximum atomic E-state index is 12.1. The van der Waals surface area contributed by atoms with Crippen molar-refractivity contribution < 1.29 is 23.6 Å². The van der Waals surface area contributed by atoms with Gasteiger partial charge in [-0.15, -0.1) is 0 Å². The van der Waals surface area contributed by atoms with Crippen LogP contribution >= 0.6 is 0 Å². The third kappa shape index (κ3) is 4.12. The normalized spacial score (nSPS) is 11.8. The van der Waals surface area contributed by atoms with Gasteiger partial charge in [-0.1, -0.05) is 0 Å². The van der Waals surface area contributed by atoms with E-state index >= 15 is 0 Å². The highest BCUT2D eigenvalue weighted by atomic mass is 16.5. The second-order valence-electron chi connectivity index (χ2n) is 4.88. The Morgan fingerprint density at radius 3 is 2.75 bits per heavy atom. The molecule has 9 nitrogen and oxygen atoms in total. The van der Waals surface area contributed by atoms with Crippen LogP contribution in [0.25, 0.3) is 11.6 Å². The van der Waals surface area contributed by atoms with Gasteiger partial charge in [-0.3, -0.25) is 4.79 Å². The molecule has 0 bridgehead atoms. The second kappa shape index (κ2) is 8.14. The van der Waals surface area contributed by atoms with E-state index in [1.807, 2.05) is 6.92 Å². The summed E-state index contributed by atoms with van der Waals surface area (Å²) in [7, 11) is 0. The summed E-state index contributed by atoms with van der Waals surface area (Å²) in [4.78, 5) is 30.6. The van der Waals surface area contributed by atoms with Crippen molar-refractivity contribution in [3.63, 3.8) is 0 Å². The first-order valence-electron chi connectivity index (χ1n) is 7.61. The van der Waals surface area contributed by atoms with Crippen LogP contribution in [0.3, 0.4) is 0 Å². The first-order valence-corrected chi connectivity index (χ1v) is 7.61. The number of aromatic nitrogens is 3. The van der Waals surface area contributed by atoms with Crippen molar-refractivity contribution in [1.82, 2.24) is 20.4 Å². The number of carbonyl (C=O) groups is 2. The van der Waals surface area contributed by atoms with Crippen LogP contribution < -0.4 is 10.1 Å². The first-order chi connectivity index (χ1) is 11.6. The maximum Gasteiger partial charge on any atom is 0.328 e. The molecule has 2 rings (SSSR count). The number of hydrogen-bond donors (Lipinski definition) is 2. The van der Waals surface area contributed by atoms with E-state index in [9.17, 15) is 9.59 Å². The van der Waals surface area contributed by atoms with Crippen LogP contribution in [-0.2, 0) is 20.7 Å². The van der Waals surface area contributed by atoms with Gasteiger partial charge in [0, 0.05) is 25.7 Å². The number of hydrogen-bond acceptors (Lipinski definition) is 7. The van der Waals surface area contributed by atoms with E-state index < -0.39 is 12.0 Å². The number of ether oxygens (including phenoxy) is 2. The molecule has 1 atom stereocenters. The van der Waals surface area contributed by atoms with Gasteiger partial charge < -0.3 is 24.3 Å². The summed E-state index contributed by atoms with van der Waals surface area (Å²) in [6.07, 6.45) is 3.31. The highest BCUT2D eigenvalue weighted by Gasteiger charge is 2.28. The molecular formula is C15H20N4O5. The van der Waals surface area contributed by atoms with Gasteiger partial charge in [0.15, 0.2) is 5.82 Å². The minimum atomic E-state index is -0.880. The Labute approximate surface area is 138 Å². The summed E-state index contributed by atoms with van der Waals surface area (Å²) >= 11 is 0. The van der Waals surface area contributed by atoms with Crippen molar-refractivity contribution in [3.8, 4) is 17.5 Å². The van der Waals surface area contributed by atoms with E-state index in [4.69, 9.17) is 14.0 Å². The molecule has 2 aromatic rings. The largest absolute Gasteiger partial charge is 0.476 e. The van der Waals surface area contributed by atoms with E-state index in [0.717, 1.165) is 0 Å². The number of imidazole rings is 1. The molecule has 0 aliphatic rings. The average molecular weight is 336 g/mol. The number of H-pyrrole nitrogens is 1. The van der Waals surface area contributed by atoms with E-state index in [2.05, 4.69) is 20.4 Å². The highest BCUT2D eigenvalue weighted by molar-refractivity contribution is 5.83. The lowest BCUT2D eigenvalue weighted by molar-refractivity contribution is -0.147. The van der Waals surface area contributed by atoms with E-state index in [-0.39, 0.29) is 24.8 Å². The lowest BCUT2D eigenvalue weighted by atomic mass is 10.1. The van der Waals surface area contributed by atoms with Gasteiger partial charge in [0.2, 0.25) is 11.7 Å². The molecule has 0 saturated heterocycles. The van der Waals surface area contributed by atoms with Crippen molar-refractivity contribution in [1.29, 1.82) is 0 Å². The van der Waals surface area contributed by atoms with Crippen LogP contribution in [0.2, 0.25) is 0 Å². The van der Waals surface area contributed by atoms with Crippen LogP contribution in [0.4, 0.5) is 0 Å². The minimum Gasteiger partial charge on any atom is -0.476 e. The van der Waals surface area contributed by atoms with Crippen LogP contribution in [-0.4, -0.2) is 46.3 Å². The highest BCUT2D eigenvalue weighted by Crippen LogP contribution is 2.30. The molecule has 9 heteroatoms. The standard InChI is InChI=1S/C15H20N4O5/c1-4-22-14-10(12(24-19-14)13-16-6-7-17-13)8-11(18-9(3)20)15(21)23-5-2/h6-7,11H,4-5,8H2,1-3H3,(H,16,17)(H,18,20). The molecule has 0 aliphatic heterocycles. The molecule has 0 spiro atoms. The molecule has 0 aromatic carbocycles. The van der Waals surface area contributed by atoms with Crippen molar-refractivity contribution in [2.45, 2.75) is 33.2 Å². The Balaban J connectivity index is 2.34. The van der Waals surface area contributed by atoms with E-state index in [1.54, 1.807) is 19.3 Å². The molecule has 1 unspecified atom stereocenters. The molecule has 0 fully saturated rings. The predicted molar refractivity (Wildman–Crippen MR) is 83.2 cm³/mol. The van der Waals surface area contributed by atoms with Gasteiger partial charge in [-0.25, -0.2) is 9.78 Å². The Morgan fingerprint density at radius 2 is 2.17 bits per heavy atom. The Kier molecular flexibility index (Phi) is 5.94. The van der Waals surface area contributed by atoms with Crippen LogP contribution in [0.15, 0.2) is 16.9 Å². The van der Waals surface area contributed by atoms with E-state index in [0.29, 0.717) is 23.8 Å². The summed E-state index contributed by atoms with van der Waals surface area (Å²) in [5, 5.41) is 6.45. The van der Waals surface area contributed by atoms with Crippen molar-refractivity contribution in [2.75, 3.05) is 13.2 Å². The van der Waals surface area contributed by atoms with Gasteiger partial charge in [0.1, 0.15) is 6.04 Å². The van der Waals surface area contributed by atoms with Crippen LogP contribution in [0.1, 0.15) is 26.3 Å². The Morgan fingerprint density at radius 1 is 1.38 bits per heavy atom. The summed E-state index contributed by atoms with van der Waals surface area (Å²) in [6.45, 7) is 5.42. The Bertz CT molecular complexity index is 680. The molecule has 0 aliphatic carbocycles. The topological polar surface area (TPSA) is 119 Å². The zero-order valence-corrected chi connectivity index (χ0v) is 13.8. The number of nitrogens with zero attached hydrogens (tertiary/aromatic N) is 2. The second-order valence-corrected chi connectivity index (χ2v) is 4.88. The van der Waals surface area contributed by atoms with Crippen molar-refractivity contribution >= 4 is 11.9 Å². The SMILES string of the molecule is CCOC(=O)C(Cc1c(OCC)noc1-c1ncc[nH]1)NC(C)=O. The summed E-state index contributed by atoms with van der Waals surface area (Å²) < 4.78 is 15.8. The summed E-state index contributed by atoms with van der Waals surface area (Å²) in [5.41, 5.74) is 0.526. The minimum absolute atomic E-state index is 0.104. The van der Waals surface area contributed by atoms with Gasteiger partial charge >= 0.3 is 5.97 Å². The smallest absolute Gasteiger partial charge is 0.328 e. The van der Waals surface area contributed by atoms with Gasteiger partial charge in [0.05, 0.1) is 18.8 Å². The molecule has 1 amide bonds. The van der Waals surface area contributed by atoms with Crippen LogP contribution in [0, 0.1) is 0 Å². The lowest BCUT2D eigenvalue weighted by Crippen LogP contribution is -2.42. The molecule has 130 valence electrons. The summed E-state index contributed by atoms with van der Waals surface area (Å²) in [5.74, 6) is 0.171. The van der Waals surface area contributed by atoms with Crippen molar-refractivity contribution in [3.05, 3.63) is 18.0 Å². The number of esters is 1. The fourth-order valence-electron chi connectivity index (χ4n) is 2.19. The fraction of sp³-hybridized carbons (Fsp3) is 0.467. The van der Waals surface area contributed by atoms with Crippen molar-refractivity contribution in [2.24, 2.45) is 0 Å². The molecule has 0 saturated carbocycles.